The van der Waals surface area contributed by atoms with Crippen LogP contribution in [0.15, 0.2) is 47.4 Å². The van der Waals surface area contributed by atoms with Crippen molar-refractivity contribution in [1.29, 1.82) is 0 Å². The van der Waals surface area contributed by atoms with Crippen LogP contribution in [0.4, 0.5) is 11.4 Å². The van der Waals surface area contributed by atoms with Gasteiger partial charge in [-0.2, -0.15) is 0 Å². The van der Waals surface area contributed by atoms with E-state index in [0.717, 1.165) is 5.56 Å². The van der Waals surface area contributed by atoms with Gasteiger partial charge in [0.2, 0.25) is 0 Å². The predicted octanol–water partition coefficient (Wildman–Crippen LogP) is 3.09. The molecule has 0 bridgehead atoms. The number of nitro benzene ring substituents is 1. The second-order valence-electron chi connectivity index (χ2n) is 4.95. The van der Waals surface area contributed by atoms with Crippen molar-refractivity contribution >= 4 is 35.1 Å². The van der Waals surface area contributed by atoms with Gasteiger partial charge in [-0.3, -0.25) is 10.1 Å². The van der Waals surface area contributed by atoms with Crippen molar-refractivity contribution in [2.75, 3.05) is 18.7 Å². The first-order valence-corrected chi connectivity index (χ1v) is 8.66. The van der Waals surface area contributed by atoms with Crippen LogP contribution in [0.3, 0.4) is 0 Å². The molecule has 0 aromatic heterocycles. The second-order valence-corrected chi connectivity index (χ2v) is 5.83. The number of rotatable bonds is 6. The number of carbonyl (C=O) groups is 2. The predicted molar refractivity (Wildman–Crippen MR) is 100 cm³/mol. The van der Waals surface area contributed by atoms with Crippen molar-refractivity contribution < 1.29 is 29.5 Å². The number of hydrogen-bond donors (Lipinski definition) is 3. The van der Waals surface area contributed by atoms with Gasteiger partial charge < -0.3 is 20.3 Å². The summed E-state index contributed by atoms with van der Waals surface area (Å²) < 4.78 is 5.22. The van der Waals surface area contributed by atoms with Crippen molar-refractivity contribution in [2.24, 2.45) is 0 Å². The second kappa shape index (κ2) is 10.7. The number of nitro groups is 1. The van der Waals surface area contributed by atoms with E-state index in [-0.39, 0.29) is 5.69 Å². The molecule has 0 radical (unpaired) electrons. The molecule has 9 nitrogen and oxygen atoms in total. The Bertz CT molecular complexity index is 797. The van der Waals surface area contributed by atoms with Gasteiger partial charge in [0.15, 0.2) is 0 Å². The third-order valence-electron chi connectivity index (χ3n) is 3.22. The van der Waals surface area contributed by atoms with Crippen LogP contribution >= 0.6 is 11.8 Å². The first kappa shape index (κ1) is 21.8. The summed E-state index contributed by atoms with van der Waals surface area (Å²) in [7, 11) is 1.54. The number of hydrogen-bond acceptors (Lipinski definition) is 7. The lowest BCUT2D eigenvalue weighted by molar-refractivity contribution is -0.384. The Morgan fingerprint density at radius 3 is 2.19 bits per heavy atom. The molecule has 0 aliphatic carbocycles. The maximum atomic E-state index is 10.8. The number of carboxylic acid groups (broad SMARTS) is 2. The number of nitrogens with zero attached hydrogens (tertiary/aromatic N) is 1. The molecular formula is C17H18N2O7S. The molecule has 2 aromatic rings. The Morgan fingerprint density at radius 2 is 1.74 bits per heavy atom. The zero-order chi connectivity index (χ0) is 20.4. The molecule has 0 atom stereocenters. The van der Waals surface area contributed by atoms with Gasteiger partial charge in [0.25, 0.3) is 5.69 Å². The molecule has 3 N–H and O–H groups in total. The van der Waals surface area contributed by atoms with Gasteiger partial charge in [0, 0.05) is 23.6 Å². The minimum Gasteiger partial charge on any atom is -0.495 e. The molecule has 0 unspecified atom stereocenters. The number of aliphatic carboxylic acids is 2. The highest BCUT2D eigenvalue weighted by atomic mass is 32.2. The number of methoxy groups -OCH3 is 1. The fraction of sp³-hybridized carbons (Fsp3) is 0.176. The van der Waals surface area contributed by atoms with Gasteiger partial charge in [0.1, 0.15) is 5.75 Å². The molecule has 2 aromatic carbocycles. The number of benzene rings is 2. The van der Waals surface area contributed by atoms with E-state index >= 15 is 0 Å². The largest absolute Gasteiger partial charge is 0.495 e. The summed E-state index contributed by atoms with van der Waals surface area (Å²) >= 11 is 1.69. The molecule has 144 valence electrons. The van der Waals surface area contributed by atoms with Gasteiger partial charge in [-0.05, 0) is 30.0 Å². The smallest absolute Gasteiger partial charge is 0.414 e. The molecule has 0 fully saturated rings. The van der Waals surface area contributed by atoms with Crippen LogP contribution in [0.2, 0.25) is 0 Å². The highest BCUT2D eigenvalue weighted by Gasteiger charge is 2.11. The van der Waals surface area contributed by atoms with E-state index in [1.54, 1.807) is 24.9 Å². The van der Waals surface area contributed by atoms with Crippen molar-refractivity contribution in [3.05, 3.63) is 58.1 Å². The summed E-state index contributed by atoms with van der Waals surface area (Å²) in [6.45, 7) is 0.576. The van der Waals surface area contributed by atoms with Crippen molar-refractivity contribution in [3.8, 4) is 5.75 Å². The van der Waals surface area contributed by atoms with Gasteiger partial charge in [-0.15, -0.1) is 11.8 Å². The summed E-state index contributed by atoms with van der Waals surface area (Å²) in [5.41, 5.74) is 1.75. The fourth-order valence-electron chi connectivity index (χ4n) is 1.89. The van der Waals surface area contributed by atoms with Crippen molar-refractivity contribution in [2.45, 2.75) is 11.4 Å². The van der Waals surface area contributed by atoms with Crippen LogP contribution in [-0.4, -0.2) is 40.4 Å². The lowest BCUT2D eigenvalue weighted by atomic mass is 10.2. The zero-order valence-electron chi connectivity index (χ0n) is 14.5. The Labute approximate surface area is 159 Å². The van der Waals surface area contributed by atoms with E-state index in [9.17, 15) is 10.1 Å². The number of ether oxygens (including phenoxy) is 1. The number of carboxylic acids is 2. The summed E-state index contributed by atoms with van der Waals surface area (Å²) in [6, 6.07) is 12.7. The average molecular weight is 394 g/mol. The third-order valence-corrected chi connectivity index (χ3v) is 3.96. The normalized spacial score (nSPS) is 9.56. The molecule has 2 rings (SSSR count). The fourth-order valence-corrected chi connectivity index (χ4v) is 2.30. The first-order chi connectivity index (χ1) is 12.8. The van der Waals surface area contributed by atoms with Gasteiger partial charge in [-0.25, -0.2) is 9.59 Å². The number of anilines is 1. The van der Waals surface area contributed by atoms with Crippen LogP contribution in [0, 0.1) is 10.1 Å². The molecular weight excluding hydrogens is 376 g/mol. The van der Waals surface area contributed by atoms with E-state index in [1.807, 2.05) is 30.5 Å². The van der Waals surface area contributed by atoms with Crippen LogP contribution in [0.5, 0.6) is 5.75 Å². The lowest BCUT2D eigenvalue weighted by Crippen LogP contribution is -2.09. The van der Waals surface area contributed by atoms with Crippen LogP contribution in [0.25, 0.3) is 0 Å². The molecule has 0 saturated heterocycles. The molecule has 0 heterocycles. The van der Waals surface area contributed by atoms with E-state index < -0.39 is 16.9 Å². The molecule has 0 spiro atoms. The third kappa shape index (κ3) is 7.24. The maximum Gasteiger partial charge on any atom is 0.414 e. The van der Waals surface area contributed by atoms with Crippen LogP contribution in [0.1, 0.15) is 5.56 Å². The molecule has 27 heavy (non-hydrogen) atoms. The Morgan fingerprint density at radius 1 is 1.15 bits per heavy atom. The Hall–Kier alpha value is -3.27. The average Bonchev–Trinajstić information content (AvgIpc) is 2.66. The topological polar surface area (TPSA) is 139 Å². The van der Waals surface area contributed by atoms with Gasteiger partial charge in [0.05, 0.1) is 17.7 Å². The first-order valence-electron chi connectivity index (χ1n) is 7.44. The molecule has 0 saturated carbocycles. The van der Waals surface area contributed by atoms with Crippen LogP contribution in [-0.2, 0) is 16.1 Å². The monoisotopic (exact) mass is 394 g/mol. The van der Waals surface area contributed by atoms with E-state index in [2.05, 4.69) is 5.32 Å². The molecule has 10 heteroatoms. The van der Waals surface area contributed by atoms with E-state index in [1.165, 1.54) is 17.0 Å². The maximum absolute atomic E-state index is 10.8. The number of non-ortho nitro benzene ring substituents is 1. The summed E-state index contributed by atoms with van der Waals surface area (Å²) in [6.07, 6.45) is 2.03. The van der Waals surface area contributed by atoms with Gasteiger partial charge >= 0.3 is 11.9 Å². The standard InChI is InChI=1S/C15H16N2O3S.C2H2O4/c1-20-15-8-5-12(17(18)19)9-14(15)16-10-11-3-6-13(21-2)7-4-11;3-1(4)2(5)6/h3-9,16H,10H2,1-2H3;(H,3,4)(H,5,6). The van der Waals surface area contributed by atoms with Crippen molar-refractivity contribution in [1.82, 2.24) is 0 Å². The highest BCUT2D eigenvalue weighted by molar-refractivity contribution is 7.98. The molecule has 0 aliphatic rings. The van der Waals surface area contributed by atoms with Crippen LogP contribution < -0.4 is 10.1 Å². The van der Waals surface area contributed by atoms with E-state index in [4.69, 9.17) is 24.5 Å². The SMILES string of the molecule is COc1ccc([N+](=O)[O-])cc1NCc1ccc(SC)cc1.O=C(O)C(=O)O. The lowest BCUT2D eigenvalue weighted by Gasteiger charge is -2.11. The summed E-state index contributed by atoms with van der Waals surface area (Å²) in [5, 5.41) is 28.8. The quantitative estimate of drug-likeness (QED) is 0.292. The molecule has 0 amide bonds. The van der Waals surface area contributed by atoms with E-state index in [0.29, 0.717) is 18.0 Å². The summed E-state index contributed by atoms with van der Waals surface area (Å²) in [4.78, 5) is 29.8. The van der Waals surface area contributed by atoms with Crippen molar-refractivity contribution in [3.63, 3.8) is 0 Å². The van der Waals surface area contributed by atoms with Gasteiger partial charge in [-0.1, -0.05) is 12.1 Å². The highest BCUT2D eigenvalue weighted by Crippen LogP contribution is 2.29. The Kier molecular flexibility index (Phi) is 8.60. The number of thioether (sulfide) groups is 1. The molecule has 0 aliphatic heterocycles. The summed E-state index contributed by atoms with van der Waals surface area (Å²) in [5.74, 6) is -3.06. The Balaban J connectivity index is 0.000000527. The minimum absolute atomic E-state index is 0.0380. The zero-order valence-corrected chi connectivity index (χ0v) is 15.4. The number of nitrogens with one attached hydrogen (secondary N) is 1. The minimum atomic E-state index is -1.82.